The van der Waals surface area contributed by atoms with Crippen molar-refractivity contribution in [1.29, 1.82) is 0 Å². The van der Waals surface area contributed by atoms with Gasteiger partial charge >= 0.3 is 0 Å². The van der Waals surface area contributed by atoms with Crippen LogP contribution in [0.3, 0.4) is 0 Å². The van der Waals surface area contributed by atoms with Gasteiger partial charge < -0.3 is 10.1 Å². The number of hydrogen-bond donors (Lipinski definition) is 1. The van der Waals surface area contributed by atoms with E-state index in [9.17, 15) is 4.79 Å². The fourth-order valence-electron chi connectivity index (χ4n) is 2.16. The van der Waals surface area contributed by atoms with E-state index in [-0.39, 0.29) is 17.3 Å². The van der Waals surface area contributed by atoms with Crippen LogP contribution in [0, 0.1) is 0 Å². The number of ether oxygens (including phenoxy) is 1. The molecule has 0 saturated heterocycles. The Labute approximate surface area is 106 Å². The fourth-order valence-corrected chi connectivity index (χ4v) is 2.50. The van der Waals surface area contributed by atoms with E-state index in [0.29, 0.717) is 11.3 Å². The van der Waals surface area contributed by atoms with Crippen molar-refractivity contribution in [1.82, 2.24) is 5.32 Å². The Morgan fingerprint density at radius 1 is 1.41 bits per heavy atom. The van der Waals surface area contributed by atoms with Crippen molar-refractivity contribution in [3.05, 3.63) is 29.8 Å². The normalized spacial score (nSPS) is 23.4. The number of para-hydroxylation sites is 1. The number of alkyl halides is 1. The molecule has 4 heteroatoms. The Balaban J connectivity index is 2.09. The van der Waals surface area contributed by atoms with Gasteiger partial charge in [-0.3, -0.25) is 4.79 Å². The molecule has 1 amide bonds. The minimum absolute atomic E-state index is 0.0497. The number of benzene rings is 1. The van der Waals surface area contributed by atoms with Gasteiger partial charge in [0.15, 0.2) is 0 Å². The molecule has 1 saturated carbocycles. The van der Waals surface area contributed by atoms with Crippen molar-refractivity contribution in [3.63, 3.8) is 0 Å². The summed E-state index contributed by atoms with van der Waals surface area (Å²) < 4.78 is 5.16. The first-order valence-electron chi connectivity index (χ1n) is 5.80. The summed E-state index contributed by atoms with van der Waals surface area (Å²) in [7, 11) is 1.56. The molecule has 2 unspecified atom stereocenters. The number of carbonyl (C=O) groups excluding carboxylic acids is 1. The highest BCUT2D eigenvalue weighted by Gasteiger charge is 2.27. The van der Waals surface area contributed by atoms with Crippen LogP contribution in [-0.4, -0.2) is 24.4 Å². The van der Waals surface area contributed by atoms with E-state index >= 15 is 0 Å². The van der Waals surface area contributed by atoms with Crippen LogP contribution in [0.4, 0.5) is 0 Å². The molecule has 1 aromatic carbocycles. The van der Waals surface area contributed by atoms with Gasteiger partial charge in [-0.05, 0) is 31.4 Å². The average Bonchev–Trinajstić information content (AvgIpc) is 2.75. The van der Waals surface area contributed by atoms with E-state index in [1.807, 2.05) is 12.1 Å². The molecule has 1 N–H and O–H groups in total. The summed E-state index contributed by atoms with van der Waals surface area (Å²) in [5.41, 5.74) is 0.561. The van der Waals surface area contributed by atoms with Crippen LogP contribution < -0.4 is 10.1 Å². The summed E-state index contributed by atoms with van der Waals surface area (Å²) in [6, 6.07) is 7.28. The molecule has 92 valence electrons. The zero-order valence-corrected chi connectivity index (χ0v) is 10.5. The molecular weight excluding hydrogens is 238 g/mol. The molecule has 1 fully saturated rings. The van der Waals surface area contributed by atoms with Gasteiger partial charge in [-0.1, -0.05) is 12.1 Å². The summed E-state index contributed by atoms with van der Waals surface area (Å²) in [4.78, 5) is 12.1. The standard InChI is InChI=1S/C13H16ClNO2/c1-17-12-8-3-2-5-9(12)13(16)15-11-7-4-6-10(11)14/h2-3,5,8,10-11H,4,6-7H2,1H3,(H,15,16). The van der Waals surface area contributed by atoms with Crippen molar-refractivity contribution < 1.29 is 9.53 Å². The molecule has 1 aliphatic carbocycles. The second-order valence-electron chi connectivity index (χ2n) is 4.23. The SMILES string of the molecule is COc1ccccc1C(=O)NC1CCCC1Cl. The van der Waals surface area contributed by atoms with Gasteiger partial charge in [-0.2, -0.15) is 0 Å². The summed E-state index contributed by atoms with van der Waals surface area (Å²) in [6.45, 7) is 0. The Bertz CT molecular complexity index is 408. The van der Waals surface area contributed by atoms with Gasteiger partial charge in [0.2, 0.25) is 0 Å². The first kappa shape index (κ1) is 12.2. The highest BCUT2D eigenvalue weighted by molar-refractivity contribution is 6.21. The first-order valence-corrected chi connectivity index (χ1v) is 6.24. The van der Waals surface area contributed by atoms with Crippen molar-refractivity contribution in [3.8, 4) is 5.75 Å². The maximum Gasteiger partial charge on any atom is 0.255 e. The molecule has 0 bridgehead atoms. The van der Waals surface area contributed by atoms with Crippen molar-refractivity contribution >= 4 is 17.5 Å². The van der Waals surface area contributed by atoms with Crippen LogP contribution in [-0.2, 0) is 0 Å². The number of hydrogen-bond acceptors (Lipinski definition) is 2. The number of carbonyl (C=O) groups is 1. The number of amides is 1. The molecule has 0 radical (unpaired) electrons. The minimum atomic E-state index is -0.111. The second-order valence-corrected chi connectivity index (χ2v) is 4.79. The molecule has 1 aromatic rings. The maximum atomic E-state index is 12.1. The third-order valence-electron chi connectivity index (χ3n) is 3.10. The monoisotopic (exact) mass is 253 g/mol. The van der Waals surface area contributed by atoms with Crippen molar-refractivity contribution in [2.24, 2.45) is 0 Å². The van der Waals surface area contributed by atoms with Crippen LogP contribution in [0.2, 0.25) is 0 Å². The van der Waals surface area contributed by atoms with Gasteiger partial charge in [0, 0.05) is 6.04 Å². The van der Waals surface area contributed by atoms with Crippen LogP contribution in [0.1, 0.15) is 29.6 Å². The van der Waals surface area contributed by atoms with E-state index in [4.69, 9.17) is 16.3 Å². The molecule has 0 heterocycles. The lowest BCUT2D eigenvalue weighted by atomic mass is 10.1. The largest absolute Gasteiger partial charge is 0.496 e. The average molecular weight is 254 g/mol. The summed E-state index contributed by atoms with van der Waals surface area (Å²) in [6.07, 6.45) is 3.00. The molecule has 2 rings (SSSR count). The highest BCUT2D eigenvalue weighted by atomic mass is 35.5. The Kier molecular flexibility index (Phi) is 3.89. The van der Waals surface area contributed by atoms with Gasteiger partial charge in [0.25, 0.3) is 5.91 Å². The number of nitrogens with one attached hydrogen (secondary N) is 1. The topological polar surface area (TPSA) is 38.3 Å². The van der Waals surface area contributed by atoms with Crippen LogP contribution in [0.15, 0.2) is 24.3 Å². The maximum absolute atomic E-state index is 12.1. The fraction of sp³-hybridized carbons (Fsp3) is 0.462. The van der Waals surface area contributed by atoms with Crippen molar-refractivity contribution in [2.75, 3.05) is 7.11 Å². The van der Waals surface area contributed by atoms with Crippen LogP contribution in [0.5, 0.6) is 5.75 Å². The Morgan fingerprint density at radius 3 is 2.82 bits per heavy atom. The number of rotatable bonds is 3. The molecule has 17 heavy (non-hydrogen) atoms. The first-order chi connectivity index (χ1) is 8.22. The number of methoxy groups -OCH3 is 1. The molecule has 2 atom stereocenters. The van der Waals surface area contributed by atoms with Crippen LogP contribution in [0.25, 0.3) is 0 Å². The predicted octanol–water partition coefficient (Wildman–Crippen LogP) is 2.58. The van der Waals surface area contributed by atoms with Gasteiger partial charge in [0.05, 0.1) is 18.1 Å². The molecule has 3 nitrogen and oxygen atoms in total. The van der Waals surface area contributed by atoms with Crippen molar-refractivity contribution in [2.45, 2.75) is 30.7 Å². The van der Waals surface area contributed by atoms with E-state index in [1.165, 1.54) is 0 Å². The van der Waals surface area contributed by atoms with Gasteiger partial charge in [-0.25, -0.2) is 0 Å². The molecule has 1 aliphatic rings. The van der Waals surface area contributed by atoms with Crippen LogP contribution >= 0.6 is 11.6 Å². The summed E-state index contributed by atoms with van der Waals surface area (Å²) >= 11 is 6.14. The van der Waals surface area contributed by atoms with E-state index < -0.39 is 0 Å². The van der Waals surface area contributed by atoms with Gasteiger partial charge in [-0.15, -0.1) is 11.6 Å². The predicted molar refractivity (Wildman–Crippen MR) is 67.7 cm³/mol. The van der Waals surface area contributed by atoms with Gasteiger partial charge in [0.1, 0.15) is 5.75 Å². The Hall–Kier alpha value is -1.22. The number of halogens is 1. The molecule has 0 spiro atoms. The zero-order chi connectivity index (χ0) is 12.3. The molecule has 0 aliphatic heterocycles. The zero-order valence-electron chi connectivity index (χ0n) is 9.78. The quantitative estimate of drug-likeness (QED) is 0.841. The third kappa shape index (κ3) is 2.72. The third-order valence-corrected chi connectivity index (χ3v) is 3.62. The smallest absolute Gasteiger partial charge is 0.255 e. The van der Waals surface area contributed by atoms with E-state index in [1.54, 1.807) is 19.2 Å². The lowest BCUT2D eigenvalue weighted by molar-refractivity contribution is 0.0935. The minimum Gasteiger partial charge on any atom is -0.496 e. The van der Waals surface area contributed by atoms with E-state index in [2.05, 4.69) is 5.32 Å². The lowest BCUT2D eigenvalue weighted by Gasteiger charge is -2.16. The second kappa shape index (κ2) is 5.41. The highest BCUT2D eigenvalue weighted by Crippen LogP contribution is 2.25. The Morgan fingerprint density at radius 2 is 2.18 bits per heavy atom. The summed E-state index contributed by atoms with van der Waals surface area (Å²) in [5, 5.41) is 3.02. The molecule has 0 aromatic heterocycles. The lowest BCUT2D eigenvalue weighted by Crippen LogP contribution is -2.37. The van der Waals surface area contributed by atoms with E-state index in [0.717, 1.165) is 19.3 Å². The molecular formula is C13H16ClNO2. The summed E-state index contributed by atoms with van der Waals surface area (Å²) in [5.74, 6) is 0.481.